The van der Waals surface area contributed by atoms with Gasteiger partial charge in [-0.2, -0.15) is 0 Å². The third kappa shape index (κ3) is 3.38. The first-order chi connectivity index (χ1) is 6.53. The van der Waals surface area contributed by atoms with Crippen molar-refractivity contribution in [3.8, 4) is 11.8 Å². The molecule has 5 heteroatoms. The van der Waals surface area contributed by atoms with Crippen LogP contribution in [0.4, 0.5) is 0 Å². The number of esters is 1. The molecule has 0 aliphatic carbocycles. The van der Waals surface area contributed by atoms with Crippen LogP contribution in [0, 0.1) is 17.8 Å². The molecule has 0 bridgehead atoms. The Balaban J connectivity index is 2.61. The zero-order valence-electron chi connectivity index (χ0n) is 7.95. The average molecular weight is 216 g/mol. The van der Waals surface area contributed by atoms with E-state index in [2.05, 4.69) is 16.6 Å². The quantitative estimate of drug-likeness (QED) is 0.324. The van der Waals surface area contributed by atoms with E-state index in [4.69, 9.17) is 0 Å². The molecule has 78 valence electrons. The first-order valence-electron chi connectivity index (χ1n) is 4.33. The van der Waals surface area contributed by atoms with Gasteiger partial charge in [-0.1, -0.05) is 5.92 Å². The molecule has 1 heterocycles. The van der Waals surface area contributed by atoms with Crippen LogP contribution in [0.1, 0.15) is 12.8 Å². The molecule has 14 heavy (non-hydrogen) atoms. The van der Waals surface area contributed by atoms with Gasteiger partial charge in [-0.3, -0.25) is 0 Å². The molecule has 0 aromatic rings. The zero-order valence-corrected chi connectivity index (χ0v) is 8.76. The van der Waals surface area contributed by atoms with Crippen LogP contribution < -0.4 is 0 Å². The normalized spacial score (nSPS) is 24.5. The molecule has 1 aliphatic heterocycles. The van der Waals surface area contributed by atoms with Crippen LogP contribution in [0.3, 0.4) is 0 Å². The topological polar surface area (TPSA) is 60.4 Å². The van der Waals surface area contributed by atoms with Crippen molar-refractivity contribution in [3.63, 3.8) is 0 Å². The average Bonchev–Trinajstić information content (AvgIpc) is 2.12. The van der Waals surface area contributed by atoms with Gasteiger partial charge in [0.05, 0.1) is 18.6 Å². The van der Waals surface area contributed by atoms with Crippen LogP contribution in [-0.2, 0) is 19.4 Å². The van der Waals surface area contributed by atoms with Crippen LogP contribution in [0.5, 0.6) is 0 Å². The van der Waals surface area contributed by atoms with Gasteiger partial charge in [0.2, 0.25) is 0 Å². The van der Waals surface area contributed by atoms with E-state index in [9.17, 15) is 13.2 Å². The van der Waals surface area contributed by atoms with Crippen molar-refractivity contribution < 1.29 is 17.9 Å². The molecule has 0 saturated carbocycles. The van der Waals surface area contributed by atoms with Gasteiger partial charge in [-0.25, -0.2) is 13.2 Å². The van der Waals surface area contributed by atoms with Crippen molar-refractivity contribution in [3.05, 3.63) is 0 Å². The maximum Gasteiger partial charge on any atom is 0.384 e. The molecular weight excluding hydrogens is 204 g/mol. The lowest BCUT2D eigenvalue weighted by atomic mass is 10.1. The molecule has 1 unspecified atom stereocenters. The van der Waals surface area contributed by atoms with E-state index in [1.54, 1.807) is 0 Å². The van der Waals surface area contributed by atoms with Gasteiger partial charge in [-0.05, 0) is 12.8 Å². The van der Waals surface area contributed by atoms with Crippen molar-refractivity contribution in [1.82, 2.24) is 0 Å². The largest absolute Gasteiger partial charge is 0.459 e. The highest BCUT2D eigenvalue weighted by Crippen LogP contribution is 2.17. The number of methoxy groups -OCH3 is 1. The van der Waals surface area contributed by atoms with Crippen molar-refractivity contribution >= 4 is 15.8 Å². The van der Waals surface area contributed by atoms with E-state index in [0.29, 0.717) is 6.42 Å². The molecule has 0 aromatic heterocycles. The number of sulfone groups is 1. The van der Waals surface area contributed by atoms with Crippen molar-refractivity contribution in [1.29, 1.82) is 0 Å². The molecule has 1 atom stereocenters. The minimum absolute atomic E-state index is 0.0665. The molecule has 1 saturated heterocycles. The summed E-state index contributed by atoms with van der Waals surface area (Å²) in [5.74, 6) is 4.36. The lowest BCUT2D eigenvalue weighted by molar-refractivity contribution is -0.133. The van der Waals surface area contributed by atoms with Gasteiger partial charge in [0.15, 0.2) is 9.84 Å². The number of hydrogen-bond acceptors (Lipinski definition) is 4. The van der Waals surface area contributed by atoms with E-state index in [0.717, 1.165) is 6.42 Å². The summed E-state index contributed by atoms with van der Waals surface area (Å²) < 4.78 is 26.7. The Hall–Kier alpha value is -1.02. The Kier molecular flexibility index (Phi) is 3.53. The molecule has 0 spiro atoms. The Labute approximate surface area is 83.6 Å². The summed E-state index contributed by atoms with van der Waals surface area (Å²) in [5.41, 5.74) is 0. The molecule has 1 aliphatic rings. The van der Waals surface area contributed by atoms with Gasteiger partial charge in [-0.15, -0.1) is 0 Å². The standard InChI is InChI=1S/C9H12O4S/c1-13-9(10)5-4-8-3-2-6-14(11,12)7-8/h8H,2-3,6-7H2,1H3. The molecule has 1 fully saturated rings. The van der Waals surface area contributed by atoms with Gasteiger partial charge in [0.1, 0.15) is 0 Å². The lowest BCUT2D eigenvalue weighted by Gasteiger charge is -2.16. The summed E-state index contributed by atoms with van der Waals surface area (Å²) in [6, 6.07) is 0. The maximum atomic E-state index is 11.2. The van der Waals surface area contributed by atoms with E-state index in [-0.39, 0.29) is 17.4 Å². The summed E-state index contributed by atoms with van der Waals surface area (Å²) in [5, 5.41) is 0. The van der Waals surface area contributed by atoms with Gasteiger partial charge in [0.25, 0.3) is 0 Å². The summed E-state index contributed by atoms with van der Waals surface area (Å²) in [6.45, 7) is 0. The first kappa shape index (κ1) is 11.1. The van der Waals surface area contributed by atoms with E-state index >= 15 is 0 Å². The van der Waals surface area contributed by atoms with Crippen molar-refractivity contribution in [2.45, 2.75) is 12.8 Å². The smallest absolute Gasteiger partial charge is 0.384 e. The van der Waals surface area contributed by atoms with Crippen LogP contribution in [0.25, 0.3) is 0 Å². The summed E-state index contributed by atoms with van der Waals surface area (Å²) in [6.07, 6.45) is 1.37. The number of carbonyl (C=O) groups is 1. The van der Waals surface area contributed by atoms with E-state index in [1.165, 1.54) is 7.11 Å². The molecule has 0 N–H and O–H groups in total. The van der Waals surface area contributed by atoms with Crippen LogP contribution in [0.15, 0.2) is 0 Å². The minimum atomic E-state index is -2.94. The van der Waals surface area contributed by atoms with E-state index in [1.807, 2.05) is 0 Å². The molecule has 0 amide bonds. The molecule has 0 aromatic carbocycles. The van der Waals surface area contributed by atoms with Gasteiger partial charge >= 0.3 is 5.97 Å². The fraction of sp³-hybridized carbons (Fsp3) is 0.667. The van der Waals surface area contributed by atoms with Gasteiger partial charge < -0.3 is 4.74 Å². The number of rotatable bonds is 0. The number of carbonyl (C=O) groups excluding carboxylic acids is 1. The molecular formula is C9H12O4S. The highest BCUT2D eigenvalue weighted by atomic mass is 32.2. The Morgan fingerprint density at radius 2 is 2.21 bits per heavy atom. The fourth-order valence-corrected chi connectivity index (χ4v) is 2.98. The van der Waals surface area contributed by atoms with E-state index < -0.39 is 15.8 Å². The SMILES string of the molecule is COC(=O)C#CC1CCCS(=O)(=O)C1. The predicted octanol–water partition coefficient (Wildman–Crippen LogP) is -0.0124. The van der Waals surface area contributed by atoms with Crippen molar-refractivity contribution in [2.75, 3.05) is 18.6 Å². The highest BCUT2D eigenvalue weighted by molar-refractivity contribution is 7.91. The zero-order chi connectivity index (χ0) is 10.6. The Morgan fingerprint density at radius 3 is 2.79 bits per heavy atom. The second-order valence-electron chi connectivity index (χ2n) is 3.21. The monoisotopic (exact) mass is 216 g/mol. The molecule has 1 rings (SSSR count). The van der Waals surface area contributed by atoms with Gasteiger partial charge in [0, 0.05) is 11.8 Å². The van der Waals surface area contributed by atoms with Crippen molar-refractivity contribution in [2.24, 2.45) is 5.92 Å². The molecule has 0 radical (unpaired) electrons. The van der Waals surface area contributed by atoms with Crippen LogP contribution >= 0.6 is 0 Å². The summed E-state index contributed by atoms with van der Waals surface area (Å²) in [7, 11) is -1.70. The Bertz CT molecular complexity index is 371. The Morgan fingerprint density at radius 1 is 1.50 bits per heavy atom. The summed E-state index contributed by atoms with van der Waals surface area (Å²) in [4.78, 5) is 10.7. The van der Waals surface area contributed by atoms with Crippen LogP contribution in [0.2, 0.25) is 0 Å². The third-order valence-corrected chi connectivity index (χ3v) is 3.85. The third-order valence-electron chi connectivity index (χ3n) is 2.03. The second-order valence-corrected chi connectivity index (χ2v) is 5.44. The highest BCUT2D eigenvalue weighted by Gasteiger charge is 2.23. The van der Waals surface area contributed by atoms with Crippen LogP contribution in [-0.4, -0.2) is 33.0 Å². The second kappa shape index (κ2) is 4.47. The fourth-order valence-electron chi connectivity index (χ4n) is 1.35. The molecule has 4 nitrogen and oxygen atoms in total. The first-order valence-corrected chi connectivity index (χ1v) is 6.15. The minimum Gasteiger partial charge on any atom is -0.459 e. The lowest BCUT2D eigenvalue weighted by Crippen LogP contribution is -2.24. The summed E-state index contributed by atoms with van der Waals surface area (Å²) >= 11 is 0. The maximum absolute atomic E-state index is 11.2. The predicted molar refractivity (Wildman–Crippen MR) is 51.2 cm³/mol. The number of ether oxygens (including phenoxy) is 1. The number of hydrogen-bond donors (Lipinski definition) is 0.